The summed E-state index contributed by atoms with van der Waals surface area (Å²) in [5.41, 5.74) is 1.73. The number of hydrogen-bond donors (Lipinski definition) is 0. The average molecular weight is 1220 g/mol. The number of nitrogens with zero attached hydrogens (tertiary/aromatic N) is 2. The summed E-state index contributed by atoms with van der Waals surface area (Å²) in [7, 11) is -3.27. The third kappa shape index (κ3) is 24.1. The average Bonchev–Trinajstić information content (AvgIpc) is 4.13. The molecule has 0 saturated heterocycles. The Morgan fingerprint density at radius 2 is 0.600 bits per heavy atom. The first kappa shape index (κ1) is 71.6. The van der Waals surface area contributed by atoms with Crippen LogP contribution in [0.15, 0.2) is 48.5 Å². The maximum Gasteiger partial charge on any atom is 0.512 e. The number of thiazole rings is 2. The second kappa shape index (κ2) is 42.0. The fourth-order valence-electron chi connectivity index (χ4n) is 10.6. The first-order valence-corrected chi connectivity index (χ1v) is 40.6. The van der Waals surface area contributed by atoms with E-state index in [2.05, 4.69) is 132 Å². The predicted molar refractivity (Wildman–Crippen MR) is 357 cm³/mol. The van der Waals surface area contributed by atoms with Crippen LogP contribution in [0.4, 0.5) is 0 Å². The van der Waals surface area contributed by atoms with E-state index in [-0.39, 0.29) is 11.1 Å². The summed E-state index contributed by atoms with van der Waals surface area (Å²) in [5, 5.41) is 2.15. The number of unbranched alkanes of at least 4 members (excludes halogenated alkanes) is 6. The zero-order valence-corrected chi connectivity index (χ0v) is 58.1. The van der Waals surface area contributed by atoms with Crippen molar-refractivity contribution >= 4 is 82.3 Å². The van der Waals surface area contributed by atoms with Crippen molar-refractivity contribution < 1.29 is 26.6 Å². The lowest BCUT2D eigenvalue weighted by molar-refractivity contribution is 0.0179. The van der Waals surface area contributed by atoms with Crippen molar-refractivity contribution in [3.8, 4) is 0 Å². The van der Waals surface area contributed by atoms with Crippen LogP contribution < -0.4 is 0 Å². The van der Waals surface area contributed by atoms with Crippen molar-refractivity contribution in [1.29, 1.82) is 0 Å². The Hall–Kier alpha value is -0.886. The highest BCUT2D eigenvalue weighted by Gasteiger charge is 2.55. The van der Waals surface area contributed by atoms with Crippen LogP contribution in [0.2, 0.25) is 0 Å². The van der Waals surface area contributed by atoms with Crippen LogP contribution in [0.25, 0.3) is 20.4 Å². The van der Waals surface area contributed by atoms with Gasteiger partial charge in [0, 0.05) is 51.1 Å². The quantitative estimate of drug-likeness (QED) is 0.0242. The van der Waals surface area contributed by atoms with Crippen LogP contribution in [0.5, 0.6) is 0 Å². The van der Waals surface area contributed by atoms with Gasteiger partial charge in [0.05, 0.1) is 31.5 Å². The predicted octanol–water partition coefficient (Wildman–Crippen LogP) is 21.5. The third-order valence-electron chi connectivity index (χ3n) is 17.0. The van der Waals surface area contributed by atoms with Crippen LogP contribution in [-0.4, -0.2) is 78.7 Å². The van der Waals surface area contributed by atoms with E-state index >= 15 is 0 Å². The minimum absolute atomic E-state index is 0.170. The standard InChI is InChI=1S/C66H116N2O6S4Si2/c1-13-25-35-53(19-7)45-69-79(70-46-54(20-8)36-26-14-2,71-47-55(21-9)37-27-15-3)63(65-67-59-41-31-33-43-61(59)77-65)51-75-76-52-64(66-68-60-42-32-34-44-62(60)78-66)80(72-48-56(22-10)38-28-16-4,73-49-57(23-11)39-29-17-5)74-50-58(24-12)40-30-18-6/h31-34,41-44,53-58,63-64H,13-30,35-40,45-52H2,1-12H3. The Bertz CT molecular complexity index is 1830. The number of para-hydroxylation sites is 2. The SMILES string of the molecule is CCCCC(CC)CO[Si](OCC(CC)CCCC)(OCC(CC)CCCC)C(CSSCC(c1nc2ccccc2s1)[Si](OCC(CC)CCCC)(OCC(CC)CCCC)OCC(CC)CCCC)c1nc2ccccc2s1. The van der Waals surface area contributed by atoms with Gasteiger partial charge in [0.25, 0.3) is 0 Å². The molecule has 4 rings (SSSR count). The normalized spacial score (nSPS) is 16.8. The van der Waals surface area contributed by atoms with Crippen molar-refractivity contribution in [1.82, 2.24) is 9.97 Å². The fourth-order valence-corrected chi connectivity index (χ4v) is 24.2. The molecule has 458 valence electrons. The molecular weight excluding hydrogens is 1100 g/mol. The summed E-state index contributed by atoms with van der Waals surface area (Å²) >= 11 is 3.62. The van der Waals surface area contributed by atoms with Crippen molar-refractivity contribution in [2.24, 2.45) is 35.5 Å². The number of rotatable bonds is 51. The van der Waals surface area contributed by atoms with Crippen molar-refractivity contribution in [3.05, 3.63) is 58.5 Å². The van der Waals surface area contributed by atoms with E-state index in [0.717, 1.165) is 110 Å². The molecule has 0 aliphatic rings. The Morgan fingerprint density at radius 3 is 0.812 bits per heavy atom. The molecule has 0 saturated carbocycles. The van der Waals surface area contributed by atoms with Crippen LogP contribution in [0, 0.1) is 35.5 Å². The van der Waals surface area contributed by atoms with Crippen molar-refractivity contribution in [2.45, 2.75) is 248 Å². The summed E-state index contributed by atoms with van der Waals surface area (Å²) < 4.78 is 48.5. The van der Waals surface area contributed by atoms with Crippen LogP contribution >= 0.6 is 44.3 Å². The first-order chi connectivity index (χ1) is 39.1. The van der Waals surface area contributed by atoms with Crippen molar-refractivity contribution in [2.75, 3.05) is 51.1 Å². The number of aromatic nitrogens is 2. The van der Waals surface area contributed by atoms with Crippen LogP contribution in [-0.2, 0) is 26.6 Å². The number of benzene rings is 2. The molecule has 0 N–H and O–H groups in total. The molecule has 2 aromatic heterocycles. The molecule has 0 radical (unpaired) electrons. The zero-order chi connectivity index (χ0) is 57.9. The molecule has 2 heterocycles. The highest BCUT2D eigenvalue weighted by atomic mass is 33.1. The molecule has 8 nitrogen and oxygen atoms in total. The molecule has 8 unspecified atom stereocenters. The van der Waals surface area contributed by atoms with Gasteiger partial charge in [-0.15, -0.1) is 22.7 Å². The van der Waals surface area contributed by atoms with E-state index in [1.807, 2.05) is 44.3 Å². The van der Waals surface area contributed by atoms with E-state index in [4.69, 9.17) is 36.5 Å². The van der Waals surface area contributed by atoms with Crippen LogP contribution in [0.3, 0.4) is 0 Å². The van der Waals surface area contributed by atoms with Gasteiger partial charge >= 0.3 is 17.6 Å². The molecule has 0 spiro atoms. The second-order valence-electron chi connectivity index (χ2n) is 23.3. The lowest BCUT2D eigenvalue weighted by atomic mass is 10.0. The van der Waals surface area contributed by atoms with Gasteiger partial charge in [-0.25, -0.2) is 9.97 Å². The molecule has 0 bridgehead atoms. The Labute approximate surface area is 508 Å². The van der Waals surface area contributed by atoms with E-state index in [1.54, 1.807) is 0 Å². The monoisotopic (exact) mass is 1220 g/mol. The molecule has 4 aromatic rings. The fraction of sp³-hybridized carbons (Fsp3) is 0.788. The zero-order valence-electron chi connectivity index (χ0n) is 52.8. The van der Waals surface area contributed by atoms with E-state index in [9.17, 15) is 0 Å². The van der Waals surface area contributed by atoms with Gasteiger partial charge in [-0.1, -0.05) is 245 Å². The topological polar surface area (TPSA) is 81.2 Å². The summed E-state index contributed by atoms with van der Waals surface area (Å²) in [5.74, 6) is 4.07. The molecule has 0 fully saturated rings. The van der Waals surface area contributed by atoms with Gasteiger partial charge in [0.1, 0.15) is 10.0 Å². The van der Waals surface area contributed by atoms with Crippen molar-refractivity contribution in [3.63, 3.8) is 0 Å². The largest absolute Gasteiger partial charge is 0.512 e. The minimum Gasteiger partial charge on any atom is -0.373 e. The van der Waals surface area contributed by atoms with E-state index in [1.165, 1.54) is 86.4 Å². The molecule has 80 heavy (non-hydrogen) atoms. The summed E-state index contributed by atoms with van der Waals surface area (Å²) in [4.78, 5) is 11.1. The van der Waals surface area contributed by atoms with E-state index in [0.29, 0.717) is 75.1 Å². The van der Waals surface area contributed by atoms with Gasteiger partial charge in [-0.2, -0.15) is 0 Å². The second-order valence-corrected chi connectivity index (χ2v) is 33.5. The van der Waals surface area contributed by atoms with E-state index < -0.39 is 17.6 Å². The molecule has 0 amide bonds. The molecule has 2 aromatic carbocycles. The third-order valence-corrected chi connectivity index (χ3v) is 28.8. The lowest BCUT2D eigenvalue weighted by Gasteiger charge is -2.38. The first-order valence-electron chi connectivity index (χ1n) is 32.9. The summed E-state index contributed by atoms with van der Waals surface area (Å²) in [6.45, 7) is 31.7. The molecule has 0 aliphatic carbocycles. The van der Waals surface area contributed by atoms with Gasteiger partial charge in [-0.3, -0.25) is 0 Å². The molecule has 0 aliphatic heterocycles. The van der Waals surface area contributed by atoms with Gasteiger partial charge < -0.3 is 26.6 Å². The minimum atomic E-state index is -3.57. The number of fused-ring (bicyclic) bond motifs is 2. The highest BCUT2D eigenvalue weighted by Crippen LogP contribution is 2.45. The van der Waals surface area contributed by atoms with Crippen LogP contribution in [0.1, 0.15) is 258 Å². The van der Waals surface area contributed by atoms with Gasteiger partial charge in [0.15, 0.2) is 0 Å². The maximum absolute atomic E-state index is 7.68. The Balaban J connectivity index is 1.94. The maximum atomic E-state index is 7.68. The molecular formula is C66H116N2O6S4Si2. The summed E-state index contributed by atoms with van der Waals surface area (Å²) in [6.07, 6.45) is 27.5. The Kier molecular flexibility index (Phi) is 37.6. The van der Waals surface area contributed by atoms with Gasteiger partial charge in [-0.05, 0) is 98.3 Å². The number of hydrogen-bond acceptors (Lipinski definition) is 12. The smallest absolute Gasteiger partial charge is 0.373 e. The molecule has 8 atom stereocenters. The van der Waals surface area contributed by atoms with Gasteiger partial charge in [0.2, 0.25) is 0 Å². The lowest BCUT2D eigenvalue weighted by Crippen LogP contribution is -2.55. The summed E-state index contributed by atoms with van der Waals surface area (Å²) in [6, 6.07) is 17.3. The Morgan fingerprint density at radius 1 is 0.362 bits per heavy atom. The molecule has 14 heteroatoms. The highest BCUT2D eigenvalue weighted by molar-refractivity contribution is 8.76.